The number of carboxylic acid groups (broad SMARTS) is 1. The molecule has 1 aromatic heterocycles. The number of nitrogens with zero attached hydrogens (tertiary/aromatic N) is 3. The van der Waals surface area contributed by atoms with Gasteiger partial charge in [0, 0.05) is 10.0 Å². The van der Waals surface area contributed by atoms with E-state index in [1.807, 2.05) is 0 Å². The number of hydrogen-bond acceptors (Lipinski definition) is 5. The van der Waals surface area contributed by atoms with Gasteiger partial charge in [-0.15, -0.1) is 5.10 Å². The van der Waals surface area contributed by atoms with Gasteiger partial charge in [0.1, 0.15) is 11.5 Å². The van der Waals surface area contributed by atoms with Crippen LogP contribution in [0.15, 0.2) is 87.2 Å². The van der Waals surface area contributed by atoms with Crippen molar-refractivity contribution < 1.29 is 22.7 Å². The van der Waals surface area contributed by atoms with E-state index in [2.05, 4.69) is 26.2 Å². The zero-order valence-electron chi connectivity index (χ0n) is 15.6. The molecule has 0 aliphatic rings. The van der Waals surface area contributed by atoms with Crippen LogP contribution < -0.4 is 0 Å². The maximum Gasteiger partial charge on any atom is 0.335 e. The molecule has 0 fully saturated rings. The molecule has 0 atom stereocenters. The molecule has 7 nitrogen and oxygen atoms in total. The van der Waals surface area contributed by atoms with Crippen molar-refractivity contribution in [2.24, 2.45) is 0 Å². The normalized spacial score (nSPS) is 11.4. The first kappa shape index (κ1) is 20.9. The third-order valence-corrected chi connectivity index (χ3v) is 6.68. The molecule has 0 radical (unpaired) electrons. The second-order valence-corrected chi connectivity index (χ2v) is 9.26. The number of aromatic nitrogens is 3. The molecular weight excluding hydrogens is 489 g/mol. The summed E-state index contributed by atoms with van der Waals surface area (Å²) in [6, 6.07) is 17.1. The van der Waals surface area contributed by atoms with Gasteiger partial charge in [0.05, 0.1) is 16.1 Å². The molecule has 31 heavy (non-hydrogen) atoms. The lowest BCUT2D eigenvalue weighted by molar-refractivity contribution is 0.0697. The van der Waals surface area contributed by atoms with E-state index in [9.17, 15) is 22.7 Å². The van der Waals surface area contributed by atoms with Crippen LogP contribution in [0.4, 0.5) is 4.39 Å². The average Bonchev–Trinajstić information content (AvgIpc) is 3.21. The van der Waals surface area contributed by atoms with Gasteiger partial charge in [-0.2, -0.15) is 0 Å². The van der Waals surface area contributed by atoms with Gasteiger partial charge in [-0.05, 0) is 66.7 Å². The van der Waals surface area contributed by atoms with Crippen molar-refractivity contribution in [1.82, 2.24) is 15.0 Å². The Morgan fingerprint density at radius 3 is 2.32 bits per heavy atom. The van der Waals surface area contributed by atoms with E-state index in [1.165, 1.54) is 59.3 Å². The fourth-order valence-electron chi connectivity index (χ4n) is 2.98. The highest BCUT2D eigenvalue weighted by atomic mass is 79.9. The largest absolute Gasteiger partial charge is 0.478 e. The summed E-state index contributed by atoms with van der Waals surface area (Å²) in [4.78, 5) is 11.4. The van der Waals surface area contributed by atoms with E-state index < -0.39 is 21.6 Å². The molecule has 4 aromatic rings. The maximum atomic E-state index is 13.5. The number of aromatic carboxylic acids is 1. The fraction of sp³-hybridized carbons (Fsp3) is 0. The van der Waals surface area contributed by atoms with E-state index in [-0.39, 0.29) is 21.2 Å². The van der Waals surface area contributed by atoms with Crippen molar-refractivity contribution in [2.75, 3.05) is 0 Å². The van der Waals surface area contributed by atoms with Crippen molar-refractivity contribution in [1.29, 1.82) is 0 Å². The summed E-state index contributed by atoms with van der Waals surface area (Å²) in [6.07, 6.45) is 0. The summed E-state index contributed by atoms with van der Waals surface area (Å²) >= 11 is 3.27. The Morgan fingerprint density at radius 2 is 1.68 bits per heavy atom. The van der Waals surface area contributed by atoms with Crippen molar-refractivity contribution >= 4 is 31.7 Å². The van der Waals surface area contributed by atoms with Crippen LogP contribution in [0.3, 0.4) is 0 Å². The van der Waals surface area contributed by atoms with Gasteiger partial charge < -0.3 is 5.11 Å². The van der Waals surface area contributed by atoms with Gasteiger partial charge in [0.25, 0.3) is 0 Å². The molecule has 0 bridgehead atoms. The molecule has 0 amide bonds. The Kier molecular flexibility index (Phi) is 5.42. The first-order valence-electron chi connectivity index (χ1n) is 8.83. The molecule has 3 aromatic carbocycles. The Labute approximate surface area is 184 Å². The van der Waals surface area contributed by atoms with Gasteiger partial charge in [0.15, 0.2) is 0 Å². The molecule has 0 spiro atoms. The van der Waals surface area contributed by atoms with E-state index in [0.717, 1.165) is 0 Å². The van der Waals surface area contributed by atoms with Crippen LogP contribution in [-0.4, -0.2) is 34.5 Å². The minimum absolute atomic E-state index is 0.00428. The molecule has 10 heteroatoms. The van der Waals surface area contributed by atoms with Crippen LogP contribution >= 0.6 is 15.9 Å². The van der Waals surface area contributed by atoms with Crippen molar-refractivity contribution in [2.45, 2.75) is 9.92 Å². The highest BCUT2D eigenvalue weighted by molar-refractivity contribution is 9.10. The summed E-state index contributed by atoms with van der Waals surface area (Å²) in [6.45, 7) is 0. The van der Waals surface area contributed by atoms with Crippen LogP contribution in [0.1, 0.15) is 10.4 Å². The van der Waals surface area contributed by atoms with Gasteiger partial charge in [-0.3, -0.25) is 0 Å². The molecule has 1 N–H and O–H groups in total. The summed E-state index contributed by atoms with van der Waals surface area (Å²) in [5.74, 6) is -1.64. The number of halogens is 2. The second kappa shape index (κ2) is 8.05. The topological polar surface area (TPSA) is 102 Å². The number of sulfone groups is 1. The van der Waals surface area contributed by atoms with Crippen molar-refractivity contribution in [3.05, 3.63) is 88.6 Å². The smallest absolute Gasteiger partial charge is 0.335 e. The zero-order chi connectivity index (χ0) is 22.2. The zero-order valence-corrected chi connectivity index (χ0v) is 18.0. The van der Waals surface area contributed by atoms with Gasteiger partial charge >= 0.3 is 5.97 Å². The minimum atomic E-state index is -4.08. The first-order chi connectivity index (χ1) is 14.8. The SMILES string of the molecule is O=C(O)c1cccc(-n2nnc(S(=O)(=O)c3ccc(Br)cc3)c2-c2ccc(F)cc2)c1. The molecule has 0 saturated carbocycles. The van der Waals surface area contributed by atoms with Gasteiger partial charge in [-0.25, -0.2) is 22.3 Å². The Bertz CT molecular complexity index is 1390. The molecule has 4 rings (SSSR count). The lowest BCUT2D eigenvalue weighted by atomic mass is 10.1. The standard InChI is InChI=1S/C21H13BrFN3O4S/c22-15-6-10-18(11-7-15)31(29,30)20-19(13-4-8-16(23)9-5-13)26(25-24-20)17-3-1-2-14(12-17)21(27)28/h1-12H,(H,27,28). The lowest BCUT2D eigenvalue weighted by Gasteiger charge is -2.10. The Balaban J connectivity index is 1.97. The number of carbonyl (C=O) groups is 1. The Morgan fingerprint density at radius 1 is 1.00 bits per heavy atom. The minimum Gasteiger partial charge on any atom is -0.478 e. The van der Waals surface area contributed by atoms with Crippen LogP contribution in [-0.2, 0) is 9.84 Å². The second-order valence-electron chi connectivity index (χ2n) is 6.47. The fourth-order valence-corrected chi connectivity index (χ4v) is 4.56. The molecular formula is C21H13BrFN3O4S. The highest BCUT2D eigenvalue weighted by Gasteiger charge is 2.29. The van der Waals surface area contributed by atoms with Crippen LogP contribution in [0.25, 0.3) is 16.9 Å². The molecule has 0 saturated heterocycles. The quantitative estimate of drug-likeness (QED) is 0.435. The molecule has 0 aliphatic carbocycles. The summed E-state index contributed by atoms with van der Waals surface area (Å²) in [7, 11) is -4.08. The number of benzene rings is 3. The number of hydrogen-bond donors (Lipinski definition) is 1. The predicted octanol–water partition coefficient (Wildman–Crippen LogP) is 4.37. The molecule has 0 unspecified atom stereocenters. The van der Waals surface area contributed by atoms with Crippen LogP contribution in [0, 0.1) is 5.82 Å². The monoisotopic (exact) mass is 501 g/mol. The summed E-state index contributed by atoms with van der Waals surface area (Å²) in [5.41, 5.74) is 0.729. The van der Waals surface area contributed by atoms with Crippen LogP contribution in [0.5, 0.6) is 0 Å². The van der Waals surface area contributed by atoms with E-state index >= 15 is 0 Å². The average molecular weight is 502 g/mol. The van der Waals surface area contributed by atoms with E-state index in [4.69, 9.17) is 0 Å². The van der Waals surface area contributed by atoms with Crippen molar-refractivity contribution in [3.63, 3.8) is 0 Å². The first-order valence-corrected chi connectivity index (χ1v) is 11.1. The van der Waals surface area contributed by atoms with Gasteiger partial charge in [0.2, 0.25) is 14.9 Å². The third kappa shape index (κ3) is 3.99. The summed E-state index contributed by atoms with van der Waals surface area (Å²) in [5, 5.41) is 16.9. The number of rotatable bonds is 5. The van der Waals surface area contributed by atoms with E-state index in [0.29, 0.717) is 15.7 Å². The number of carboxylic acids is 1. The van der Waals surface area contributed by atoms with Gasteiger partial charge in [-0.1, -0.05) is 27.2 Å². The molecule has 1 heterocycles. The Hall–Kier alpha value is -3.37. The summed E-state index contributed by atoms with van der Waals surface area (Å²) < 4.78 is 42.1. The third-order valence-electron chi connectivity index (χ3n) is 4.47. The van der Waals surface area contributed by atoms with E-state index in [1.54, 1.807) is 18.2 Å². The molecule has 156 valence electrons. The maximum absolute atomic E-state index is 13.5. The molecule has 0 aliphatic heterocycles. The highest BCUT2D eigenvalue weighted by Crippen LogP contribution is 2.32. The van der Waals surface area contributed by atoms with Crippen molar-refractivity contribution in [3.8, 4) is 16.9 Å². The predicted molar refractivity (Wildman–Crippen MR) is 113 cm³/mol. The lowest BCUT2D eigenvalue weighted by Crippen LogP contribution is -2.06. The van der Waals surface area contributed by atoms with Crippen LogP contribution in [0.2, 0.25) is 0 Å².